The molecular weight excluding hydrogens is 423 g/mol. The van der Waals surface area contributed by atoms with Gasteiger partial charge in [0.1, 0.15) is 16.0 Å². The van der Waals surface area contributed by atoms with E-state index in [1.54, 1.807) is 12.4 Å². The molecule has 0 amide bonds. The van der Waals surface area contributed by atoms with Crippen molar-refractivity contribution >= 4 is 40.8 Å². The van der Waals surface area contributed by atoms with Gasteiger partial charge in [-0.15, -0.1) is 0 Å². The maximum Gasteiger partial charge on any atom is 0.148 e. The molecule has 0 atom stereocenters. The zero-order valence-corrected chi connectivity index (χ0v) is 18.1. The van der Waals surface area contributed by atoms with Crippen LogP contribution in [0, 0.1) is 5.41 Å². The lowest BCUT2D eigenvalue weighted by Crippen LogP contribution is -2.41. The summed E-state index contributed by atoms with van der Waals surface area (Å²) in [6.07, 6.45) is 10.1. The summed E-state index contributed by atoms with van der Waals surface area (Å²) in [6, 6.07) is 10.7. The van der Waals surface area contributed by atoms with Crippen LogP contribution in [0.1, 0.15) is 24.0 Å². The fraction of sp³-hybridized carbons (Fsp3) is 0.318. The minimum atomic E-state index is 0.303. The molecule has 29 heavy (non-hydrogen) atoms. The van der Waals surface area contributed by atoms with Crippen molar-refractivity contribution < 1.29 is 0 Å². The maximum atomic E-state index is 6.22. The number of hydrogen-bond acceptors (Lipinski definition) is 5. The maximum absolute atomic E-state index is 6.22. The average Bonchev–Trinajstić information content (AvgIpc) is 3.10. The lowest BCUT2D eigenvalue weighted by Gasteiger charge is -2.39. The molecule has 148 valence electrons. The van der Waals surface area contributed by atoms with E-state index in [0.29, 0.717) is 15.6 Å². The molecule has 0 saturated carbocycles. The van der Waals surface area contributed by atoms with E-state index in [-0.39, 0.29) is 0 Å². The van der Waals surface area contributed by atoms with Gasteiger partial charge in [0.2, 0.25) is 0 Å². The number of rotatable bonds is 3. The van der Waals surface area contributed by atoms with Crippen LogP contribution in [0.25, 0.3) is 0 Å². The van der Waals surface area contributed by atoms with Gasteiger partial charge in [-0.1, -0.05) is 59.2 Å². The van der Waals surface area contributed by atoms with Crippen molar-refractivity contribution in [3.8, 4) is 0 Å². The molecule has 2 aliphatic rings. The van der Waals surface area contributed by atoms with Gasteiger partial charge in [0, 0.05) is 24.2 Å². The Balaban J connectivity index is 1.24. The number of anilines is 1. The summed E-state index contributed by atoms with van der Waals surface area (Å²) >= 11 is 13.6. The Hall–Kier alpha value is -1.82. The Morgan fingerprint density at radius 2 is 1.62 bits per heavy atom. The number of pyridine rings is 1. The van der Waals surface area contributed by atoms with Gasteiger partial charge in [-0.05, 0) is 48.3 Å². The van der Waals surface area contributed by atoms with E-state index in [4.69, 9.17) is 23.2 Å². The molecule has 1 aromatic carbocycles. The van der Waals surface area contributed by atoms with Gasteiger partial charge in [-0.25, -0.2) is 15.0 Å². The Morgan fingerprint density at radius 3 is 2.28 bits per heavy atom. The summed E-state index contributed by atoms with van der Waals surface area (Å²) < 4.78 is 0. The molecule has 5 rings (SSSR count). The molecule has 1 fully saturated rings. The average molecular weight is 443 g/mol. The summed E-state index contributed by atoms with van der Waals surface area (Å²) in [5, 5.41) is 1.54. The number of aromatic nitrogens is 3. The minimum absolute atomic E-state index is 0.303. The highest BCUT2D eigenvalue weighted by atomic mass is 35.5. The third-order valence-corrected chi connectivity index (χ3v) is 7.90. The number of halogens is 2. The molecule has 0 N–H and O–H groups in total. The summed E-state index contributed by atoms with van der Waals surface area (Å²) in [4.78, 5) is 16.4. The lowest BCUT2D eigenvalue weighted by molar-refractivity contribution is 0.232. The van der Waals surface area contributed by atoms with E-state index in [1.165, 1.54) is 48.6 Å². The first-order valence-corrected chi connectivity index (χ1v) is 11.3. The number of benzene rings is 1. The topological polar surface area (TPSA) is 41.9 Å². The second-order valence-electron chi connectivity index (χ2n) is 7.84. The first-order valence-electron chi connectivity index (χ1n) is 9.74. The minimum Gasteiger partial charge on any atom is -0.355 e. The van der Waals surface area contributed by atoms with Crippen molar-refractivity contribution in [3.63, 3.8) is 0 Å². The van der Waals surface area contributed by atoms with E-state index >= 15 is 0 Å². The largest absolute Gasteiger partial charge is 0.355 e. The predicted molar refractivity (Wildman–Crippen MR) is 118 cm³/mol. The quantitative estimate of drug-likeness (QED) is 0.485. The van der Waals surface area contributed by atoms with E-state index < -0.39 is 0 Å². The van der Waals surface area contributed by atoms with Crippen LogP contribution in [0.2, 0.25) is 10.2 Å². The third kappa shape index (κ3) is 3.83. The normalized spacial score (nSPS) is 17.5. The Labute approximate surface area is 184 Å². The van der Waals surface area contributed by atoms with E-state index in [0.717, 1.165) is 28.8 Å². The molecule has 7 heteroatoms. The first kappa shape index (κ1) is 19.2. The van der Waals surface area contributed by atoms with Crippen molar-refractivity contribution in [1.82, 2.24) is 15.0 Å². The fourth-order valence-electron chi connectivity index (χ4n) is 4.46. The smallest absolute Gasteiger partial charge is 0.148 e. The molecule has 1 aliphatic heterocycles. The van der Waals surface area contributed by atoms with Crippen LogP contribution in [0.4, 0.5) is 5.82 Å². The SMILES string of the molecule is Clc1nccc(Sc2cnc(N3CCC4(CC3)Cc3ccccc3C4)cn2)c1Cl. The van der Waals surface area contributed by atoms with Crippen molar-refractivity contribution in [1.29, 1.82) is 0 Å². The Morgan fingerprint density at radius 1 is 0.897 bits per heavy atom. The molecule has 3 aromatic rings. The zero-order chi connectivity index (χ0) is 19.8. The molecule has 3 heterocycles. The molecule has 1 spiro atoms. The van der Waals surface area contributed by atoms with Gasteiger partial charge in [0.15, 0.2) is 0 Å². The first-order chi connectivity index (χ1) is 14.1. The summed E-state index contributed by atoms with van der Waals surface area (Å²) in [6.45, 7) is 2.06. The molecular formula is C22H20Cl2N4S. The highest BCUT2D eigenvalue weighted by Crippen LogP contribution is 2.45. The second-order valence-corrected chi connectivity index (χ2v) is 9.64. The Kier molecular flexibility index (Phi) is 5.14. The molecule has 4 nitrogen and oxygen atoms in total. The molecule has 0 bridgehead atoms. The number of piperidine rings is 1. The third-order valence-electron chi connectivity index (χ3n) is 6.04. The van der Waals surface area contributed by atoms with Crippen LogP contribution < -0.4 is 4.90 Å². The van der Waals surface area contributed by atoms with E-state index in [1.807, 2.05) is 12.3 Å². The van der Waals surface area contributed by atoms with E-state index in [2.05, 4.69) is 44.1 Å². The summed E-state index contributed by atoms with van der Waals surface area (Å²) in [5.41, 5.74) is 3.51. The van der Waals surface area contributed by atoms with Crippen LogP contribution in [0.3, 0.4) is 0 Å². The van der Waals surface area contributed by atoms with Crippen molar-refractivity contribution in [2.45, 2.75) is 35.6 Å². The summed E-state index contributed by atoms with van der Waals surface area (Å²) in [5.74, 6) is 0.943. The van der Waals surface area contributed by atoms with Crippen LogP contribution in [0.5, 0.6) is 0 Å². The van der Waals surface area contributed by atoms with Crippen molar-refractivity contribution in [2.24, 2.45) is 5.41 Å². The predicted octanol–water partition coefficient (Wildman–Crippen LogP) is 5.72. The zero-order valence-electron chi connectivity index (χ0n) is 15.8. The summed E-state index contributed by atoms with van der Waals surface area (Å²) in [7, 11) is 0. The standard InChI is InChI=1S/C22H20Cl2N4S/c23-20-17(5-8-25-21(20)24)29-19-14-26-18(13-27-19)28-9-6-22(7-10-28)11-15-3-1-2-4-16(15)12-22/h1-5,8,13-14H,6-7,9-12H2. The highest BCUT2D eigenvalue weighted by molar-refractivity contribution is 7.99. The van der Waals surface area contributed by atoms with Gasteiger partial charge in [-0.3, -0.25) is 0 Å². The Bertz CT molecular complexity index is 1010. The fourth-order valence-corrected chi connectivity index (χ4v) is 5.65. The van der Waals surface area contributed by atoms with Gasteiger partial charge in [0.25, 0.3) is 0 Å². The van der Waals surface area contributed by atoms with Gasteiger partial charge >= 0.3 is 0 Å². The van der Waals surface area contributed by atoms with Gasteiger partial charge in [-0.2, -0.15) is 0 Å². The molecule has 0 radical (unpaired) electrons. The lowest BCUT2D eigenvalue weighted by atomic mass is 9.76. The van der Waals surface area contributed by atoms with Gasteiger partial charge in [0.05, 0.1) is 17.4 Å². The molecule has 0 unspecified atom stereocenters. The molecule has 2 aromatic heterocycles. The highest BCUT2D eigenvalue weighted by Gasteiger charge is 2.39. The van der Waals surface area contributed by atoms with E-state index in [9.17, 15) is 0 Å². The van der Waals surface area contributed by atoms with Crippen LogP contribution in [-0.2, 0) is 12.8 Å². The van der Waals surface area contributed by atoms with Crippen molar-refractivity contribution in [2.75, 3.05) is 18.0 Å². The van der Waals surface area contributed by atoms with Crippen molar-refractivity contribution in [3.05, 3.63) is 70.2 Å². The molecule has 1 aliphatic carbocycles. The number of nitrogens with zero attached hydrogens (tertiary/aromatic N) is 4. The monoisotopic (exact) mass is 442 g/mol. The van der Waals surface area contributed by atoms with Crippen LogP contribution in [0.15, 0.2) is 58.8 Å². The van der Waals surface area contributed by atoms with Crippen LogP contribution >= 0.6 is 35.0 Å². The van der Waals surface area contributed by atoms with Gasteiger partial charge < -0.3 is 4.90 Å². The molecule has 1 saturated heterocycles. The number of fused-ring (bicyclic) bond motifs is 1. The van der Waals surface area contributed by atoms with Crippen LogP contribution in [-0.4, -0.2) is 28.0 Å². The second kappa shape index (κ2) is 7.78. The number of hydrogen-bond donors (Lipinski definition) is 0.